The van der Waals surface area contributed by atoms with E-state index in [0.29, 0.717) is 42.7 Å². The van der Waals surface area contributed by atoms with Crippen LogP contribution < -0.4 is 9.64 Å². The summed E-state index contributed by atoms with van der Waals surface area (Å²) in [5, 5.41) is 11.6. The maximum atomic E-state index is 14.2. The Morgan fingerprint density at radius 3 is 2.64 bits per heavy atom. The molecule has 1 N–H and O–H groups in total. The number of rotatable bonds is 6. The van der Waals surface area contributed by atoms with Gasteiger partial charge in [0.25, 0.3) is 17.6 Å². The van der Waals surface area contributed by atoms with Crippen molar-refractivity contribution in [3.8, 4) is 5.75 Å². The Labute approximate surface area is 210 Å². The number of hydrogen-bond acceptors (Lipinski definition) is 6. The van der Waals surface area contributed by atoms with Gasteiger partial charge in [-0.2, -0.15) is 0 Å². The highest BCUT2D eigenvalue weighted by Crippen LogP contribution is 2.53. The van der Waals surface area contributed by atoms with Crippen LogP contribution in [0.3, 0.4) is 0 Å². The van der Waals surface area contributed by atoms with Gasteiger partial charge >= 0.3 is 0 Å². The lowest BCUT2D eigenvalue weighted by molar-refractivity contribution is -0.143. The van der Waals surface area contributed by atoms with E-state index >= 15 is 0 Å². The number of fused-ring (bicyclic) bond motifs is 3. The summed E-state index contributed by atoms with van der Waals surface area (Å²) in [5.41, 5.74) is 0.608. The van der Waals surface area contributed by atoms with Crippen molar-refractivity contribution < 1.29 is 24.2 Å². The molecule has 0 unspecified atom stereocenters. The number of Topliss-reactive ketones (excluding diaryl/α,β-unsaturated/α-hetero) is 1. The minimum atomic E-state index is -1.71. The molecule has 8 nitrogen and oxygen atoms in total. The second kappa shape index (κ2) is 8.78. The number of aliphatic hydroxyl groups is 1. The Morgan fingerprint density at radius 1 is 1.17 bits per heavy atom. The first-order valence-electron chi connectivity index (χ1n) is 12.4. The van der Waals surface area contributed by atoms with Crippen molar-refractivity contribution in [3.05, 3.63) is 64.7 Å². The van der Waals surface area contributed by atoms with Crippen LogP contribution in [0.2, 0.25) is 0 Å². The van der Waals surface area contributed by atoms with Crippen LogP contribution >= 0.6 is 0 Å². The second-order valence-corrected chi connectivity index (χ2v) is 9.90. The van der Waals surface area contributed by atoms with Gasteiger partial charge in [-0.25, -0.2) is 0 Å². The molecule has 2 aromatic rings. The number of nitrogens with zero attached hydrogens (tertiary/aromatic N) is 3. The van der Waals surface area contributed by atoms with Crippen LogP contribution in [0.5, 0.6) is 5.75 Å². The van der Waals surface area contributed by atoms with Crippen molar-refractivity contribution in [1.82, 2.24) is 9.80 Å². The summed E-state index contributed by atoms with van der Waals surface area (Å²) in [7, 11) is 3.86. The number of benzene rings is 2. The predicted octanol–water partition coefficient (Wildman–Crippen LogP) is 2.90. The molecular weight excluding hydrogens is 458 g/mol. The summed E-state index contributed by atoms with van der Waals surface area (Å²) in [6, 6.07) is 12.4. The number of amides is 2. The Hall–Kier alpha value is -3.65. The van der Waals surface area contributed by atoms with E-state index in [1.54, 1.807) is 35.2 Å². The van der Waals surface area contributed by atoms with Crippen molar-refractivity contribution in [2.24, 2.45) is 0 Å². The molecule has 0 bridgehead atoms. The summed E-state index contributed by atoms with van der Waals surface area (Å²) < 4.78 is 5.78. The van der Waals surface area contributed by atoms with Gasteiger partial charge in [-0.3, -0.25) is 14.4 Å². The molecule has 36 heavy (non-hydrogen) atoms. The molecule has 0 aliphatic carbocycles. The van der Waals surface area contributed by atoms with E-state index in [4.69, 9.17) is 4.74 Å². The minimum Gasteiger partial charge on any atom is -0.507 e. The lowest BCUT2D eigenvalue weighted by Gasteiger charge is -2.34. The average molecular weight is 490 g/mol. The van der Waals surface area contributed by atoms with Crippen LogP contribution in [0, 0.1) is 0 Å². The van der Waals surface area contributed by atoms with Crippen LogP contribution in [-0.4, -0.2) is 72.3 Å². The fourth-order valence-electron chi connectivity index (χ4n) is 5.74. The van der Waals surface area contributed by atoms with Crippen molar-refractivity contribution in [2.75, 3.05) is 38.6 Å². The molecule has 3 aliphatic rings. The number of aliphatic hydroxyl groups excluding tert-OH is 1. The van der Waals surface area contributed by atoms with Gasteiger partial charge in [-0.1, -0.05) is 18.2 Å². The molecule has 1 saturated heterocycles. The summed E-state index contributed by atoms with van der Waals surface area (Å²) in [4.78, 5) is 46.3. The number of para-hydroxylation sites is 1. The topological polar surface area (TPSA) is 90.4 Å². The first-order chi connectivity index (χ1) is 17.2. The quantitative estimate of drug-likeness (QED) is 0.381. The lowest BCUT2D eigenvalue weighted by Crippen LogP contribution is -2.52. The van der Waals surface area contributed by atoms with Crippen LogP contribution in [-0.2, 0) is 26.3 Å². The van der Waals surface area contributed by atoms with E-state index in [1.807, 2.05) is 45.0 Å². The minimum absolute atomic E-state index is 0.0136. The fraction of sp³-hybridized carbons (Fsp3) is 0.393. The second-order valence-electron chi connectivity index (χ2n) is 9.90. The van der Waals surface area contributed by atoms with Gasteiger partial charge < -0.3 is 24.5 Å². The summed E-state index contributed by atoms with van der Waals surface area (Å²) in [6.45, 7) is 5.06. The molecule has 2 amide bonds. The molecule has 2 aromatic carbocycles. The number of likely N-dealkylation sites (N-methyl/N-ethyl adjacent to an activating group) is 1. The summed E-state index contributed by atoms with van der Waals surface area (Å²) in [6.07, 6.45) is 1.25. The highest BCUT2D eigenvalue weighted by Gasteiger charge is 2.66. The van der Waals surface area contributed by atoms with Crippen molar-refractivity contribution in [3.63, 3.8) is 0 Å². The van der Waals surface area contributed by atoms with Gasteiger partial charge in [0.15, 0.2) is 5.54 Å². The zero-order valence-corrected chi connectivity index (χ0v) is 21.1. The smallest absolute Gasteiger partial charge is 0.296 e. The highest BCUT2D eigenvalue weighted by molar-refractivity contribution is 6.50. The SMILES string of the molecule is CCN1C(=O)[C@@]2(C(=C(O)c3ccc4c(c3)C[C@H](C)O4)C(=O)C(=O)N2CCCN(C)C)c2ccccc21. The van der Waals surface area contributed by atoms with Crippen LogP contribution in [0.1, 0.15) is 37.0 Å². The number of likely N-dealkylation sites (tertiary alicyclic amines) is 1. The van der Waals surface area contributed by atoms with E-state index in [1.165, 1.54) is 4.90 Å². The van der Waals surface area contributed by atoms with Gasteiger partial charge in [-0.05, 0) is 70.7 Å². The number of carbonyl (C=O) groups is 3. The molecule has 2 atom stereocenters. The molecule has 3 aliphatic heterocycles. The van der Waals surface area contributed by atoms with E-state index in [0.717, 1.165) is 11.3 Å². The van der Waals surface area contributed by atoms with E-state index in [-0.39, 0.29) is 24.0 Å². The molecule has 1 fully saturated rings. The maximum absolute atomic E-state index is 14.2. The molecule has 0 radical (unpaired) electrons. The number of carbonyl (C=O) groups excluding carboxylic acids is 3. The summed E-state index contributed by atoms with van der Waals surface area (Å²) >= 11 is 0. The standard InChI is InChI=1S/C28H31N3O5/c1-5-30-21-10-7-6-9-20(21)28(27(30)35)23(25(33)26(34)31(28)14-8-13-29(3)4)24(32)18-11-12-22-19(16-18)15-17(2)36-22/h6-7,9-12,16-17,32H,5,8,13-15H2,1-4H3/t17-,28-/m0/s1. The Kier molecular flexibility index (Phi) is 5.87. The largest absolute Gasteiger partial charge is 0.507 e. The van der Waals surface area contributed by atoms with Gasteiger partial charge in [-0.15, -0.1) is 0 Å². The zero-order chi connectivity index (χ0) is 25.8. The van der Waals surface area contributed by atoms with Gasteiger partial charge in [0.1, 0.15) is 17.6 Å². The first-order valence-corrected chi connectivity index (χ1v) is 12.4. The Balaban J connectivity index is 1.74. The third-order valence-electron chi connectivity index (χ3n) is 7.28. The van der Waals surface area contributed by atoms with Gasteiger partial charge in [0, 0.05) is 30.6 Å². The third kappa shape index (κ3) is 3.35. The zero-order valence-electron chi connectivity index (χ0n) is 21.1. The lowest BCUT2D eigenvalue weighted by atomic mass is 9.81. The molecule has 1 spiro atoms. The van der Waals surface area contributed by atoms with Crippen LogP contribution in [0.15, 0.2) is 48.0 Å². The van der Waals surface area contributed by atoms with Gasteiger partial charge in [0.2, 0.25) is 0 Å². The fourth-order valence-corrected chi connectivity index (χ4v) is 5.74. The molecule has 0 aromatic heterocycles. The Morgan fingerprint density at radius 2 is 1.92 bits per heavy atom. The molecule has 8 heteroatoms. The van der Waals surface area contributed by atoms with Crippen molar-refractivity contribution in [2.45, 2.75) is 38.3 Å². The Bertz CT molecular complexity index is 1300. The normalized spacial score (nSPS) is 24.1. The molecule has 188 valence electrons. The summed E-state index contributed by atoms with van der Waals surface area (Å²) in [5.74, 6) is -1.61. The van der Waals surface area contributed by atoms with Crippen LogP contribution in [0.25, 0.3) is 5.76 Å². The predicted molar refractivity (Wildman–Crippen MR) is 136 cm³/mol. The first kappa shape index (κ1) is 24.1. The third-order valence-corrected chi connectivity index (χ3v) is 7.28. The van der Waals surface area contributed by atoms with Gasteiger partial charge in [0.05, 0.1) is 11.3 Å². The number of ketones is 1. The van der Waals surface area contributed by atoms with Crippen molar-refractivity contribution in [1.29, 1.82) is 0 Å². The van der Waals surface area contributed by atoms with E-state index < -0.39 is 23.1 Å². The average Bonchev–Trinajstić information content (AvgIpc) is 3.42. The number of anilines is 1. The number of ether oxygens (including phenoxy) is 1. The molecule has 3 heterocycles. The van der Waals surface area contributed by atoms with Crippen LogP contribution in [0.4, 0.5) is 5.69 Å². The maximum Gasteiger partial charge on any atom is 0.296 e. The van der Waals surface area contributed by atoms with E-state index in [9.17, 15) is 19.5 Å². The monoisotopic (exact) mass is 489 g/mol. The molecule has 0 saturated carbocycles. The number of hydrogen-bond donors (Lipinski definition) is 1. The molecular formula is C28H31N3O5. The highest BCUT2D eigenvalue weighted by atomic mass is 16.5. The molecule has 5 rings (SSSR count). The van der Waals surface area contributed by atoms with E-state index in [2.05, 4.69) is 0 Å². The van der Waals surface area contributed by atoms with Crippen molar-refractivity contribution >= 4 is 29.0 Å².